The molecule has 1 aromatic heterocycles. The summed E-state index contributed by atoms with van der Waals surface area (Å²) in [4.78, 5) is 15.0. The molecule has 5 rings (SSSR count). The third kappa shape index (κ3) is 1.34. The Hall–Kier alpha value is -3.01. The maximum atomic E-state index is 13.3. The van der Waals surface area contributed by atoms with E-state index in [1.54, 1.807) is 4.90 Å². The van der Waals surface area contributed by atoms with Crippen LogP contribution in [0.2, 0.25) is 0 Å². The molecule has 23 heavy (non-hydrogen) atoms. The normalized spacial score (nSPS) is 20.9. The molecule has 1 N–H and O–H groups in total. The highest BCUT2D eigenvalue weighted by Gasteiger charge is 2.54. The second-order valence-corrected chi connectivity index (χ2v) is 6.04. The molecule has 2 aliphatic rings. The van der Waals surface area contributed by atoms with Gasteiger partial charge in [0.1, 0.15) is 0 Å². The van der Waals surface area contributed by atoms with E-state index in [4.69, 9.17) is 0 Å². The summed E-state index contributed by atoms with van der Waals surface area (Å²) in [5.74, 6) is 0.0492. The maximum absolute atomic E-state index is 13.3. The number of likely N-dealkylation sites (N-methyl/N-ethyl adjacent to an activating group) is 1. The second-order valence-electron chi connectivity index (χ2n) is 6.04. The first-order chi connectivity index (χ1) is 11.2. The Morgan fingerprint density at radius 3 is 2.52 bits per heavy atom. The number of nitrogens with zero attached hydrogens (tertiary/aromatic N) is 2. The Balaban J connectivity index is 1.88. The number of carbonyl (C=O) groups excluding carboxylic acids is 1. The molecule has 112 valence electrons. The van der Waals surface area contributed by atoms with Gasteiger partial charge in [0.05, 0.1) is 17.1 Å². The summed E-state index contributed by atoms with van der Waals surface area (Å²) in [6, 6.07) is 20.1. The number of fused-ring (bicyclic) bond motifs is 6. The van der Waals surface area contributed by atoms with Crippen LogP contribution in [0.25, 0.3) is 5.69 Å². The van der Waals surface area contributed by atoms with Crippen molar-refractivity contribution in [1.29, 1.82) is 0 Å². The number of benzene rings is 2. The minimum Gasteiger partial charge on any atom is -0.361 e. The topological polar surface area (TPSA) is 37.3 Å². The minimum absolute atomic E-state index is 0.0492. The number of nitrogens with one attached hydrogen (secondary N) is 1. The lowest BCUT2D eigenvalue weighted by atomic mass is 9.85. The van der Waals surface area contributed by atoms with E-state index in [-0.39, 0.29) is 5.91 Å². The van der Waals surface area contributed by atoms with Gasteiger partial charge in [0.25, 0.3) is 5.91 Å². The van der Waals surface area contributed by atoms with Gasteiger partial charge < -0.3 is 14.8 Å². The molecule has 0 aliphatic carbocycles. The molecule has 3 heterocycles. The second kappa shape index (κ2) is 4.04. The van der Waals surface area contributed by atoms with E-state index in [1.165, 1.54) is 0 Å². The fraction of sp³-hybridized carbons (Fsp3) is 0.105. The van der Waals surface area contributed by atoms with Crippen molar-refractivity contribution >= 4 is 17.3 Å². The van der Waals surface area contributed by atoms with Crippen LogP contribution < -0.4 is 10.2 Å². The molecule has 2 aliphatic heterocycles. The predicted molar refractivity (Wildman–Crippen MR) is 90.0 cm³/mol. The van der Waals surface area contributed by atoms with Gasteiger partial charge in [-0.15, -0.1) is 0 Å². The summed E-state index contributed by atoms with van der Waals surface area (Å²) in [5.41, 5.74) is 4.09. The predicted octanol–water partition coefficient (Wildman–Crippen LogP) is 3.12. The molecule has 0 fully saturated rings. The lowest BCUT2D eigenvalue weighted by molar-refractivity contribution is -0.120. The molecule has 0 saturated heterocycles. The van der Waals surface area contributed by atoms with E-state index >= 15 is 0 Å². The average Bonchev–Trinajstić information content (AvgIpc) is 3.16. The Labute approximate surface area is 134 Å². The number of anilines is 2. The molecule has 1 spiro atoms. The highest BCUT2D eigenvalue weighted by atomic mass is 16.2. The molecule has 0 radical (unpaired) electrons. The monoisotopic (exact) mass is 301 g/mol. The molecule has 1 amide bonds. The molecular formula is C19H15N3O. The van der Waals surface area contributed by atoms with Crippen LogP contribution in [0.15, 0.2) is 66.9 Å². The summed E-state index contributed by atoms with van der Waals surface area (Å²) < 4.78 is 2.11. The van der Waals surface area contributed by atoms with E-state index in [9.17, 15) is 4.79 Å². The lowest BCUT2D eigenvalue weighted by Gasteiger charge is -2.37. The third-order valence-corrected chi connectivity index (χ3v) is 4.91. The fourth-order valence-electron chi connectivity index (χ4n) is 3.88. The molecule has 2 aromatic carbocycles. The van der Waals surface area contributed by atoms with Crippen LogP contribution >= 0.6 is 0 Å². The van der Waals surface area contributed by atoms with E-state index in [2.05, 4.69) is 16.0 Å². The quantitative estimate of drug-likeness (QED) is 0.692. The number of aromatic nitrogens is 1. The van der Waals surface area contributed by atoms with Crippen molar-refractivity contribution in [3.05, 3.63) is 78.1 Å². The van der Waals surface area contributed by atoms with Crippen LogP contribution in [0.5, 0.6) is 0 Å². The van der Waals surface area contributed by atoms with Gasteiger partial charge >= 0.3 is 0 Å². The maximum Gasteiger partial charge on any atom is 0.263 e. The zero-order valence-electron chi connectivity index (χ0n) is 12.7. The first-order valence-electron chi connectivity index (χ1n) is 7.66. The van der Waals surface area contributed by atoms with Crippen molar-refractivity contribution in [2.24, 2.45) is 0 Å². The highest BCUT2D eigenvalue weighted by Crippen LogP contribution is 2.49. The summed E-state index contributed by atoms with van der Waals surface area (Å²) in [5, 5.41) is 3.54. The number of hydrogen-bond acceptors (Lipinski definition) is 2. The zero-order valence-corrected chi connectivity index (χ0v) is 12.7. The van der Waals surface area contributed by atoms with Gasteiger partial charge in [-0.25, -0.2) is 0 Å². The van der Waals surface area contributed by atoms with Crippen molar-refractivity contribution < 1.29 is 4.79 Å². The van der Waals surface area contributed by atoms with Crippen LogP contribution in [0.4, 0.5) is 11.4 Å². The minimum atomic E-state index is -0.858. The van der Waals surface area contributed by atoms with Crippen molar-refractivity contribution in [3.8, 4) is 5.69 Å². The SMILES string of the molecule is CN1C(=O)[C@]2(Nc3ccccc3-n3cccc32)c2ccccc21. The number of rotatable bonds is 0. The van der Waals surface area contributed by atoms with Gasteiger partial charge in [-0.05, 0) is 30.3 Å². The molecule has 0 unspecified atom stereocenters. The Bertz CT molecular complexity index is 959. The standard InChI is InChI=1S/C19H15N3O/c1-21-15-9-4-2-7-13(15)19(18(21)23)17-11-6-12-22(17)16-10-5-3-8-14(16)20-19/h2-12,20H,1H3/t19-/m0/s1. The zero-order chi connectivity index (χ0) is 15.6. The Kier molecular flexibility index (Phi) is 2.20. The van der Waals surface area contributed by atoms with E-state index in [0.717, 1.165) is 28.3 Å². The van der Waals surface area contributed by atoms with E-state index in [1.807, 2.05) is 67.8 Å². The van der Waals surface area contributed by atoms with Crippen LogP contribution in [-0.4, -0.2) is 17.5 Å². The van der Waals surface area contributed by atoms with Gasteiger partial charge in [0.2, 0.25) is 0 Å². The molecule has 1 atom stereocenters. The molecule has 4 heteroatoms. The molecule has 3 aromatic rings. The van der Waals surface area contributed by atoms with Crippen molar-refractivity contribution in [2.45, 2.75) is 5.54 Å². The Morgan fingerprint density at radius 1 is 0.913 bits per heavy atom. The summed E-state index contributed by atoms with van der Waals surface area (Å²) in [6.07, 6.45) is 2.02. The number of carbonyl (C=O) groups is 1. The number of amides is 1. The first kappa shape index (κ1) is 12.5. The fourth-order valence-corrected chi connectivity index (χ4v) is 3.88. The smallest absolute Gasteiger partial charge is 0.263 e. The van der Waals surface area contributed by atoms with Gasteiger partial charge in [-0.2, -0.15) is 0 Å². The van der Waals surface area contributed by atoms with Gasteiger partial charge in [0.15, 0.2) is 5.54 Å². The lowest BCUT2D eigenvalue weighted by Crippen LogP contribution is -2.49. The largest absolute Gasteiger partial charge is 0.361 e. The van der Waals surface area contributed by atoms with Gasteiger partial charge in [-0.1, -0.05) is 30.3 Å². The van der Waals surface area contributed by atoms with Gasteiger partial charge in [-0.3, -0.25) is 4.79 Å². The van der Waals surface area contributed by atoms with Crippen molar-refractivity contribution in [1.82, 2.24) is 4.57 Å². The third-order valence-electron chi connectivity index (χ3n) is 4.91. The average molecular weight is 301 g/mol. The van der Waals surface area contributed by atoms with Crippen molar-refractivity contribution in [2.75, 3.05) is 17.3 Å². The number of hydrogen-bond donors (Lipinski definition) is 1. The number of para-hydroxylation sites is 3. The van der Waals surface area contributed by atoms with E-state index < -0.39 is 5.54 Å². The van der Waals surface area contributed by atoms with Crippen LogP contribution in [0.3, 0.4) is 0 Å². The molecule has 0 saturated carbocycles. The molecular weight excluding hydrogens is 286 g/mol. The van der Waals surface area contributed by atoms with Gasteiger partial charge in [0, 0.05) is 24.5 Å². The molecule has 4 nitrogen and oxygen atoms in total. The summed E-state index contributed by atoms with van der Waals surface area (Å²) in [6.45, 7) is 0. The van der Waals surface area contributed by atoms with Crippen LogP contribution in [-0.2, 0) is 10.3 Å². The highest BCUT2D eigenvalue weighted by molar-refractivity contribution is 6.12. The summed E-state index contributed by atoms with van der Waals surface area (Å²) >= 11 is 0. The van der Waals surface area contributed by atoms with Crippen LogP contribution in [0.1, 0.15) is 11.3 Å². The first-order valence-corrected chi connectivity index (χ1v) is 7.66. The Morgan fingerprint density at radius 2 is 1.65 bits per heavy atom. The molecule has 0 bridgehead atoms. The summed E-state index contributed by atoms with van der Waals surface area (Å²) in [7, 11) is 1.84. The van der Waals surface area contributed by atoms with Crippen molar-refractivity contribution in [3.63, 3.8) is 0 Å². The van der Waals surface area contributed by atoms with Crippen LogP contribution in [0, 0.1) is 0 Å². The van der Waals surface area contributed by atoms with E-state index in [0.29, 0.717) is 0 Å².